The van der Waals surface area contributed by atoms with Gasteiger partial charge in [-0.2, -0.15) is 0 Å². The second kappa shape index (κ2) is 9.16. The topological polar surface area (TPSA) is 35.9 Å². The highest BCUT2D eigenvalue weighted by Crippen LogP contribution is 2.52. The lowest BCUT2D eigenvalue weighted by Crippen LogP contribution is -2.40. The van der Waals surface area contributed by atoms with Crippen molar-refractivity contribution < 1.29 is 4.79 Å². The van der Waals surface area contributed by atoms with E-state index in [1.807, 2.05) is 35.2 Å². The van der Waals surface area contributed by atoms with Crippen molar-refractivity contribution in [3.8, 4) is 0 Å². The molecule has 2 aromatic carbocycles. The molecule has 1 aliphatic carbocycles. The van der Waals surface area contributed by atoms with E-state index in [0.717, 1.165) is 50.8 Å². The molecule has 3 aliphatic rings. The van der Waals surface area contributed by atoms with E-state index < -0.39 is 0 Å². The molecule has 0 atom stereocenters. The zero-order valence-electron chi connectivity index (χ0n) is 18.3. The van der Waals surface area contributed by atoms with Crippen LogP contribution in [0, 0.1) is 6.92 Å². The average Bonchev–Trinajstić information content (AvgIpc) is 3.30. The minimum atomic E-state index is 0.0909. The summed E-state index contributed by atoms with van der Waals surface area (Å²) in [6, 6.07) is 14.3. The van der Waals surface area contributed by atoms with Crippen molar-refractivity contribution in [3.05, 3.63) is 63.0 Å². The Morgan fingerprint density at radius 1 is 1.09 bits per heavy atom. The number of halogens is 1. The summed E-state index contributed by atoms with van der Waals surface area (Å²) < 4.78 is 0. The summed E-state index contributed by atoms with van der Waals surface area (Å²) in [4.78, 5) is 24.9. The lowest BCUT2D eigenvalue weighted by Gasteiger charge is -2.30. The van der Waals surface area contributed by atoms with E-state index in [9.17, 15) is 4.79 Å². The van der Waals surface area contributed by atoms with Crippen LogP contribution in [0.15, 0.2) is 62.3 Å². The van der Waals surface area contributed by atoms with Crippen molar-refractivity contribution in [3.63, 3.8) is 0 Å². The Hall–Kier alpha value is -1.89. The van der Waals surface area contributed by atoms with Crippen LogP contribution in [0.3, 0.4) is 0 Å². The van der Waals surface area contributed by atoms with Gasteiger partial charge in [0.2, 0.25) is 0 Å². The van der Waals surface area contributed by atoms with Crippen molar-refractivity contribution >= 4 is 57.6 Å². The number of hydrogen-bond acceptors (Lipinski definition) is 5. The predicted molar refractivity (Wildman–Crippen MR) is 137 cm³/mol. The number of anilines is 1. The number of nitrogens with zero attached hydrogens (tertiary/aromatic N) is 3. The first-order valence-electron chi connectivity index (χ1n) is 11.2. The number of fused-ring (bicyclic) bond motifs is 1. The fraction of sp³-hybridized carbons (Fsp3) is 0.360. The maximum atomic E-state index is 13.8. The van der Waals surface area contributed by atoms with Gasteiger partial charge in [-0.25, -0.2) is 4.99 Å². The van der Waals surface area contributed by atoms with Crippen LogP contribution >= 0.6 is 35.1 Å². The molecule has 4 nitrogen and oxygen atoms in total. The monoisotopic (exact) mass is 483 g/mol. The first-order chi connectivity index (χ1) is 15.5. The molecule has 2 aliphatic heterocycles. The summed E-state index contributed by atoms with van der Waals surface area (Å²) in [6.45, 7) is 4.96. The Morgan fingerprint density at radius 3 is 2.66 bits per heavy atom. The quantitative estimate of drug-likeness (QED) is 0.427. The summed E-state index contributed by atoms with van der Waals surface area (Å²) in [5, 5.41) is 2.51. The first kappa shape index (κ1) is 21.9. The number of aliphatic imine (C=N–C) groups is 1. The zero-order chi connectivity index (χ0) is 22.2. The number of carbonyl (C=O) groups excluding carboxylic acids is 1. The Balaban J connectivity index is 1.58. The molecule has 32 heavy (non-hydrogen) atoms. The summed E-state index contributed by atoms with van der Waals surface area (Å²) in [6.07, 6.45) is 5.68. The molecule has 0 spiro atoms. The third kappa shape index (κ3) is 4.09. The van der Waals surface area contributed by atoms with Gasteiger partial charge >= 0.3 is 0 Å². The lowest BCUT2D eigenvalue weighted by molar-refractivity contribution is -0.124. The molecule has 2 aromatic rings. The normalized spacial score (nSPS) is 22.8. The summed E-state index contributed by atoms with van der Waals surface area (Å²) in [5.41, 5.74) is 3.14. The van der Waals surface area contributed by atoms with Crippen LogP contribution in [0.2, 0.25) is 5.02 Å². The third-order valence-electron chi connectivity index (χ3n) is 6.15. The van der Waals surface area contributed by atoms with Crippen molar-refractivity contribution in [1.82, 2.24) is 4.90 Å². The second-order valence-electron chi connectivity index (χ2n) is 8.40. The number of benzene rings is 2. The van der Waals surface area contributed by atoms with E-state index in [1.54, 1.807) is 11.8 Å². The van der Waals surface area contributed by atoms with Crippen molar-refractivity contribution in [2.24, 2.45) is 4.99 Å². The highest BCUT2D eigenvalue weighted by molar-refractivity contribution is 8.19. The molecule has 2 fully saturated rings. The van der Waals surface area contributed by atoms with Gasteiger partial charge < -0.3 is 4.90 Å². The summed E-state index contributed by atoms with van der Waals surface area (Å²) in [7, 11) is 0. The third-order valence-corrected chi connectivity index (χ3v) is 8.74. The highest BCUT2D eigenvalue weighted by atomic mass is 35.5. The van der Waals surface area contributed by atoms with Gasteiger partial charge in [-0.3, -0.25) is 9.69 Å². The molecule has 1 amide bonds. The molecule has 1 saturated heterocycles. The molecule has 0 N–H and O–H groups in total. The van der Waals surface area contributed by atoms with Crippen LogP contribution in [-0.2, 0) is 4.79 Å². The molecule has 0 unspecified atom stereocenters. The van der Waals surface area contributed by atoms with E-state index >= 15 is 0 Å². The van der Waals surface area contributed by atoms with Crippen LogP contribution < -0.4 is 4.90 Å². The van der Waals surface area contributed by atoms with Gasteiger partial charge in [-0.15, -0.1) is 0 Å². The van der Waals surface area contributed by atoms with Gasteiger partial charge in [0.25, 0.3) is 5.91 Å². The number of hydrogen-bond donors (Lipinski definition) is 0. The van der Waals surface area contributed by atoms with E-state index in [2.05, 4.69) is 30.9 Å². The lowest BCUT2D eigenvalue weighted by atomic mass is 9.94. The average molecular weight is 484 g/mol. The largest absolute Gasteiger partial charge is 0.334 e. The Bertz CT molecular complexity index is 1120. The molecule has 0 aromatic heterocycles. The van der Waals surface area contributed by atoms with Gasteiger partial charge in [0, 0.05) is 22.5 Å². The summed E-state index contributed by atoms with van der Waals surface area (Å²) in [5.74, 6) is 0.0909. The predicted octanol–water partition coefficient (Wildman–Crippen LogP) is 7.35. The van der Waals surface area contributed by atoms with Crippen molar-refractivity contribution in [2.75, 3.05) is 11.4 Å². The second-order valence-corrected chi connectivity index (χ2v) is 10.8. The molecule has 166 valence electrons. The van der Waals surface area contributed by atoms with E-state index in [1.165, 1.54) is 36.6 Å². The number of carbonyl (C=O) groups is 1. The van der Waals surface area contributed by atoms with Crippen LogP contribution in [0.1, 0.15) is 44.6 Å². The standard InChI is InChI=1S/C25H26ClN3OS2/c1-3-28-20-15-17(26)12-13-21(20)31-24(28)22-23(30)29(19-10-5-4-6-11-19)25(32-22)27-18-9-7-8-16(2)14-18/h7-9,12-15,19H,3-6,10-11H2,1-2H3/b24-22-,27-25?. The Labute approximate surface area is 203 Å². The van der Waals surface area contributed by atoms with Crippen molar-refractivity contribution in [2.45, 2.75) is 56.9 Å². The molecule has 1 saturated carbocycles. The zero-order valence-corrected chi connectivity index (χ0v) is 20.7. The highest BCUT2D eigenvalue weighted by Gasteiger charge is 2.42. The smallest absolute Gasteiger partial charge is 0.269 e. The van der Waals surface area contributed by atoms with Gasteiger partial charge in [0.1, 0.15) is 9.93 Å². The Kier molecular flexibility index (Phi) is 6.28. The van der Waals surface area contributed by atoms with E-state index in [4.69, 9.17) is 16.6 Å². The number of thioether (sulfide) groups is 2. The molecule has 0 radical (unpaired) electrons. The number of amides is 1. The summed E-state index contributed by atoms with van der Waals surface area (Å²) >= 11 is 9.47. The van der Waals surface area contributed by atoms with Crippen LogP contribution in [0.25, 0.3) is 0 Å². The van der Waals surface area contributed by atoms with Crippen molar-refractivity contribution in [1.29, 1.82) is 0 Å². The van der Waals surface area contributed by atoms with Gasteiger partial charge in [0.15, 0.2) is 5.17 Å². The van der Waals surface area contributed by atoms with E-state index in [-0.39, 0.29) is 11.9 Å². The van der Waals surface area contributed by atoms with Crippen LogP contribution in [0.4, 0.5) is 11.4 Å². The van der Waals surface area contributed by atoms with Crippen LogP contribution in [0.5, 0.6) is 0 Å². The maximum Gasteiger partial charge on any atom is 0.269 e. The molecule has 7 heteroatoms. The number of aryl methyl sites for hydroxylation is 1. The number of amidine groups is 1. The molecule has 0 bridgehead atoms. The molecule has 2 heterocycles. The maximum absolute atomic E-state index is 13.8. The fourth-order valence-corrected chi connectivity index (χ4v) is 7.20. The minimum absolute atomic E-state index is 0.0909. The van der Waals surface area contributed by atoms with Crippen LogP contribution in [-0.4, -0.2) is 28.6 Å². The SMILES string of the molecule is CCN1/C(=C2/SC(=Nc3cccc(C)c3)N(C3CCCCC3)C2=O)Sc2ccc(Cl)cc21. The minimum Gasteiger partial charge on any atom is -0.334 e. The first-order valence-corrected chi connectivity index (χ1v) is 13.2. The van der Waals surface area contributed by atoms with Gasteiger partial charge in [0.05, 0.1) is 11.4 Å². The molecule has 5 rings (SSSR count). The Morgan fingerprint density at radius 2 is 1.91 bits per heavy atom. The molecular weight excluding hydrogens is 458 g/mol. The van der Waals surface area contributed by atoms with Gasteiger partial charge in [-0.05, 0) is 74.3 Å². The number of rotatable bonds is 3. The molecular formula is C25H26ClN3OS2. The van der Waals surface area contributed by atoms with E-state index in [0.29, 0.717) is 5.02 Å². The fourth-order valence-electron chi connectivity index (χ4n) is 4.60. The van der Waals surface area contributed by atoms with Gasteiger partial charge in [-0.1, -0.05) is 54.8 Å².